The molecule has 1 aromatic carbocycles. The second-order valence-electron chi connectivity index (χ2n) is 5.90. The molecule has 7 nitrogen and oxygen atoms in total. The number of amides is 1. The summed E-state index contributed by atoms with van der Waals surface area (Å²) in [6.45, 7) is 3.30. The van der Waals surface area contributed by atoms with Crippen molar-refractivity contribution in [1.29, 1.82) is 0 Å². The van der Waals surface area contributed by atoms with Crippen molar-refractivity contribution in [2.45, 2.75) is 24.9 Å². The summed E-state index contributed by atoms with van der Waals surface area (Å²) in [5, 5.41) is 4.20. The van der Waals surface area contributed by atoms with Crippen molar-refractivity contribution in [2.75, 3.05) is 18.3 Å². The standard InChI is InChI=1S/C17H20N4O3S3/c1-4-20-8-7-13(19-20)16(22)18-17-21(9-10-25-2)14-6-5-12(27(3,23)24)11-15(14)26-17/h5-8,11H,4,9-10H2,1-3H3. The summed E-state index contributed by atoms with van der Waals surface area (Å²) in [5.74, 6) is 0.445. The lowest BCUT2D eigenvalue weighted by atomic mass is 10.3. The highest BCUT2D eigenvalue weighted by atomic mass is 32.2. The molecule has 2 aromatic heterocycles. The number of nitrogens with zero attached hydrogens (tertiary/aromatic N) is 4. The Morgan fingerprint density at radius 3 is 2.74 bits per heavy atom. The molecule has 0 aliphatic carbocycles. The van der Waals surface area contributed by atoms with Crippen LogP contribution in [0.25, 0.3) is 10.2 Å². The summed E-state index contributed by atoms with van der Waals surface area (Å²) >= 11 is 3.00. The number of thiazole rings is 1. The highest BCUT2D eigenvalue weighted by molar-refractivity contribution is 7.98. The van der Waals surface area contributed by atoms with E-state index in [9.17, 15) is 13.2 Å². The molecule has 0 unspecified atom stereocenters. The lowest BCUT2D eigenvalue weighted by molar-refractivity contribution is 0.0992. The quantitative estimate of drug-likeness (QED) is 0.607. The number of thioether (sulfide) groups is 1. The predicted molar refractivity (Wildman–Crippen MR) is 109 cm³/mol. The molecule has 0 N–H and O–H groups in total. The molecule has 3 rings (SSSR count). The van der Waals surface area contributed by atoms with Crippen LogP contribution in [0.1, 0.15) is 17.4 Å². The van der Waals surface area contributed by atoms with E-state index in [1.807, 2.05) is 17.7 Å². The average Bonchev–Trinajstić information content (AvgIpc) is 3.23. The third-order valence-electron chi connectivity index (χ3n) is 3.98. The van der Waals surface area contributed by atoms with Gasteiger partial charge >= 0.3 is 0 Å². The number of rotatable bonds is 6. The van der Waals surface area contributed by atoms with Crippen molar-refractivity contribution in [3.63, 3.8) is 0 Å². The van der Waals surface area contributed by atoms with Crippen LogP contribution in [0.4, 0.5) is 0 Å². The van der Waals surface area contributed by atoms with E-state index in [-0.39, 0.29) is 4.90 Å². The fourth-order valence-electron chi connectivity index (χ4n) is 2.56. The van der Waals surface area contributed by atoms with Crippen molar-refractivity contribution in [3.8, 4) is 0 Å². The molecule has 0 saturated carbocycles. The molecule has 0 saturated heterocycles. The van der Waals surface area contributed by atoms with Gasteiger partial charge in [-0.2, -0.15) is 21.9 Å². The van der Waals surface area contributed by atoms with Crippen LogP contribution in [0.5, 0.6) is 0 Å². The zero-order valence-electron chi connectivity index (χ0n) is 15.2. The Balaban J connectivity index is 2.13. The highest BCUT2D eigenvalue weighted by Gasteiger charge is 2.14. The molecule has 2 heterocycles. The van der Waals surface area contributed by atoms with Gasteiger partial charge in [0.1, 0.15) is 0 Å². The first-order valence-electron chi connectivity index (χ1n) is 8.28. The van der Waals surface area contributed by atoms with Crippen molar-refractivity contribution in [3.05, 3.63) is 41.0 Å². The third-order valence-corrected chi connectivity index (χ3v) is 6.72. The average molecular weight is 425 g/mol. The van der Waals surface area contributed by atoms with Crippen LogP contribution in [-0.4, -0.2) is 46.9 Å². The van der Waals surface area contributed by atoms with Crippen molar-refractivity contribution in [1.82, 2.24) is 14.3 Å². The molecule has 0 atom stereocenters. The summed E-state index contributed by atoms with van der Waals surface area (Å²) in [6.07, 6.45) is 4.94. The molecular formula is C17H20N4O3S3. The van der Waals surface area contributed by atoms with Gasteiger partial charge in [-0.25, -0.2) is 8.42 Å². The summed E-state index contributed by atoms with van der Waals surface area (Å²) in [5.41, 5.74) is 1.16. The zero-order chi connectivity index (χ0) is 19.6. The first kappa shape index (κ1) is 19.8. The third kappa shape index (κ3) is 4.33. The molecule has 0 aliphatic heterocycles. The van der Waals surface area contributed by atoms with Crippen LogP contribution in [0.3, 0.4) is 0 Å². The molecule has 1 amide bonds. The Bertz CT molecular complexity index is 1160. The van der Waals surface area contributed by atoms with Crippen LogP contribution in [-0.2, 0) is 22.9 Å². The van der Waals surface area contributed by atoms with Gasteiger partial charge in [-0.05, 0) is 37.4 Å². The fraction of sp³-hybridized carbons (Fsp3) is 0.353. The maximum Gasteiger partial charge on any atom is 0.300 e. The molecule has 0 radical (unpaired) electrons. The van der Waals surface area contributed by atoms with E-state index in [2.05, 4.69) is 10.1 Å². The van der Waals surface area contributed by atoms with Gasteiger partial charge in [0.15, 0.2) is 20.3 Å². The minimum atomic E-state index is -3.30. The maximum absolute atomic E-state index is 12.5. The van der Waals surface area contributed by atoms with Crippen LogP contribution < -0.4 is 4.80 Å². The number of carbonyl (C=O) groups excluding carboxylic acids is 1. The second-order valence-corrected chi connectivity index (χ2v) is 9.91. The molecule has 144 valence electrons. The monoisotopic (exact) mass is 424 g/mol. The molecule has 0 spiro atoms. The largest absolute Gasteiger partial charge is 0.316 e. The summed E-state index contributed by atoms with van der Waals surface area (Å²) in [6, 6.07) is 6.66. The predicted octanol–water partition coefficient (Wildman–Crippen LogP) is 2.43. The fourth-order valence-corrected chi connectivity index (χ4v) is 4.74. The number of carbonyl (C=O) groups is 1. The Kier molecular flexibility index (Phi) is 5.87. The van der Waals surface area contributed by atoms with E-state index in [1.54, 1.807) is 46.9 Å². The number of fused-ring (bicyclic) bond motifs is 1. The van der Waals surface area contributed by atoms with E-state index in [0.29, 0.717) is 23.6 Å². The molecular weight excluding hydrogens is 404 g/mol. The van der Waals surface area contributed by atoms with Crippen molar-refractivity contribution in [2.24, 2.45) is 4.99 Å². The van der Waals surface area contributed by atoms with Crippen molar-refractivity contribution < 1.29 is 13.2 Å². The SMILES string of the molecule is CCn1ccc(C(=O)N=c2sc3cc(S(C)(=O)=O)ccc3n2CCSC)n1. The number of hydrogen-bond acceptors (Lipinski definition) is 6. The van der Waals surface area contributed by atoms with Gasteiger partial charge in [-0.1, -0.05) is 11.3 Å². The molecule has 3 aromatic rings. The number of aryl methyl sites for hydroxylation is 2. The number of hydrogen-bond donors (Lipinski definition) is 0. The van der Waals surface area contributed by atoms with Crippen LogP contribution in [0.15, 0.2) is 40.4 Å². The van der Waals surface area contributed by atoms with Crippen LogP contribution in [0.2, 0.25) is 0 Å². The van der Waals surface area contributed by atoms with Gasteiger partial charge in [-0.3, -0.25) is 9.48 Å². The summed E-state index contributed by atoms with van der Waals surface area (Å²) < 4.78 is 28.1. The van der Waals surface area contributed by atoms with E-state index in [0.717, 1.165) is 16.0 Å². The first-order chi connectivity index (χ1) is 12.8. The van der Waals surface area contributed by atoms with E-state index >= 15 is 0 Å². The first-order valence-corrected chi connectivity index (χ1v) is 12.4. The number of benzene rings is 1. The lowest BCUT2D eigenvalue weighted by Gasteiger charge is -2.04. The number of sulfone groups is 1. The van der Waals surface area contributed by atoms with E-state index in [1.165, 1.54) is 17.6 Å². The molecule has 10 heteroatoms. The van der Waals surface area contributed by atoms with Crippen LogP contribution in [0, 0.1) is 0 Å². The summed E-state index contributed by atoms with van der Waals surface area (Å²) in [4.78, 5) is 17.6. The van der Waals surface area contributed by atoms with Gasteiger partial charge in [0.2, 0.25) is 0 Å². The van der Waals surface area contributed by atoms with Gasteiger partial charge < -0.3 is 4.57 Å². The molecule has 0 bridgehead atoms. The van der Waals surface area contributed by atoms with Crippen molar-refractivity contribution >= 4 is 49.1 Å². The van der Waals surface area contributed by atoms with Gasteiger partial charge in [0, 0.05) is 31.3 Å². The molecule has 27 heavy (non-hydrogen) atoms. The zero-order valence-corrected chi connectivity index (χ0v) is 17.7. The smallest absolute Gasteiger partial charge is 0.300 e. The highest BCUT2D eigenvalue weighted by Crippen LogP contribution is 2.22. The number of aromatic nitrogens is 3. The van der Waals surface area contributed by atoms with E-state index in [4.69, 9.17) is 0 Å². The second kappa shape index (κ2) is 7.99. The Labute approximate surface area is 165 Å². The molecule has 0 aliphatic rings. The van der Waals surface area contributed by atoms with E-state index < -0.39 is 15.7 Å². The minimum Gasteiger partial charge on any atom is -0.316 e. The van der Waals surface area contributed by atoms with Crippen LogP contribution >= 0.6 is 23.1 Å². The van der Waals surface area contributed by atoms with Gasteiger partial charge in [-0.15, -0.1) is 0 Å². The topological polar surface area (TPSA) is 86.3 Å². The van der Waals surface area contributed by atoms with Gasteiger partial charge in [0.25, 0.3) is 5.91 Å². The summed E-state index contributed by atoms with van der Waals surface area (Å²) in [7, 11) is -3.30. The Morgan fingerprint density at radius 2 is 2.11 bits per heavy atom. The Hall–Kier alpha value is -1.91. The van der Waals surface area contributed by atoms with Gasteiger partial charge in [0.05, 0.1) is 15.1 Å². The maximum atomic E-state index is 12.5. The Morgan fingerprint density at radius 1 is 1.33 bits per heavy atom. The molecule has 0 fully saturated rings. The minimum absolute atomic E-state index is 0.257. The normalized spacial score (nSPS) is 12.8. The lowest BCUT2D eigenvalue weighted by Crippen LogP contribution is -2.18.